The lowest BCUT2D eigenvalue weighted by molar-refractivity contribution is 0.0909. The van der Waals surface area contributed by atoms with Crippen molar-refractivity contribution in [2.45, 2.75) is 83.8 Å². The van der Waals surface area contributed by atoms with E-state index in [0.29, 0.717) is 12.0 Å². The average Bonchev–Trinajstić information content (AvgIpc) is 3.28. The fourth-order valence-electron chi connectivity index (χ4n) is 5.99. The fourth-order valence-corrected chi connectivity index (χ4v) is 5.99. The molecule has 1 fully saturated rings. The van der Waals surface area contributed by atoms with Gasteiger partial charge in [0, 0.05) is 40.8 Å². The summed E-state index contributed by atoms with van der Waals surface area (Å²) in [5, 5.41) is 13.4. The first-order chi connectivity index (χ1) is 15.2. The van der Waals surface area contributed by atoms with Crippen molar-refractivity contribution in [2.75, 3.05) is 5.32 Å². The van der Waals surface area contributed by atoms with E-state index in [0.717, 1.165) is 74.0 Å². The average molecular weight is 436 g/mol. The summed E-state index contributed by atoms with van der Waals surface area (Å²) >= 11 is 0. The van der Waals surface area contributed by atoms with Crippen LogP contribution in [0.4, 0.5) is 5.69 Å². The molecule has 4 N–H and O–H groups in total. The molecule has 1 aromatic heterocycles. The first kappa shape index (κ1) is 21.3. The first-order valence-electron chi connectivity index (χ1n) is 11.9. The van der Waals surface area contributed by atoms with E-state index in [-0.39, 0.29) is 23.3 Å². The number of primary amides is 1. The molecule has 0 atom stereocenters. The van der Waals surface area contributed by atoms with Gasteiger partial charge in [0.2, 0.25) is 0 Å². The number of aromatic nitrogens is 1. The summed E-state index contributed by atoms with van der Waals surface area (Å²) < 4.78 is 2.29. The number of amides is 1. The van der Waals surface area contributed by atoms with Gasteiger partial charge in [-0.1, -0.05) is 13.8 Å². The zero-order valence-corrected chi connectivity index (χ0v) is 19.0. The monoisotopic (exact) mass is 435 g/mol. The van der Waals surface area contributed by atoms with Crippen LogP contribution in [0.2, 0.25) is 0 Å². The Morgan fingerprint density at radius 3 is 2.59 bits per heavy atom. The Balaban J connectivity index is 1.59. The van der Waals surface area contributed by atoms with Crippen molar-refractivity contribution in [2.24, 2.45) is 11.1 Å². The third-order valence-corrected chi connectivity index (χ3v) is 7.47. The summed E-state index contributed by atoms with van der Waals surface area (Å²) in [6.07, 6.45) is 7.48. The number of carbonyl (C=O) groups excluding carboxylic acids is 2. The maximum atomic E-state index is 13.1. The highest BCUT2D eigenvalue weighted by Crippen LogP contribution is 2.43. The maximum Gasteiger partial charge on any atom is 0.250 e. The Morgan fingerprint density at radius 2 is 1.88 bits per heavy atom. The number of aliphatic hydroxyl groups excluding tert-OH is 1. The zero-order valence-electron chi connectivity index (χ0n) is 19.0. The zero-order chi connectivity index (χ0) is 22.6. The van der Waals surface area contributed by atoms with E-state index >= 15 is 0 Å². The van der Waals surface area contributed by atoms with Crippen LogP contribution in [-0.2, 0) is 19.3 Å². The van der Waals surface area contributed by atoms with Gasteiger partial charge in [-0.25, -0.2) is 0 Å². The molecule has 0 saturated heterocycles. The quantitative estimate of drug-likeness (QED) is 0.678. The molecule has 0 bridgehead atoms. The molecular weight excluding hydrogens is 402 g/mol. The second kappa shape index (κ2) is 7.77. The molecule has 1 heterocycles. The van der Waals surface area contributed by atoms with Crippen LogP contribution in [0.15, 0.2) is 18.2 Å². The minimum Gasteiger partial charge on any atom is -0.393 e. The van der Waals surface area contributed by atoms with Crippen molar-refractivity contribution in [3.8, 4) is 5.69 Å². The number of carbonyl (C=O) groups is 2. The van der Waals surface area contributed by atoms with Crippen LogP contribution in [0.1, 0.15) is 90.0 Å². The molecule has 6 nitrogen and oxygen atoms in total. The van der Waals surface area contributed by atoms with E-state index in [9.17, 15) is 14.7 Å². The van der Waals surface area contributed by atoms with Gasteiger partial charge in [-0.3, -0.25) is 9.59 Å². The van der Waals surface area contributed by atoms with Gasteiger partial charge in [-0.2, -0.15) is 0 Å². The number of fused-ring (bicyclic) bond motifs is 3. The van der Waals surface area contributed by atoms with E-state index in [1.165, 1.54) is 11.3 Å². The van der Waals surface area contributed by atoms with Gasteiger partial charge in [-0.05, 0) is 80.5 Å². The third-order valence-electron chi connectivity index (χ3n) is 7.47. The molecule has 170 valence electrons. The molecular formula is C26H33N3O3. The Kier molecular flexibility index (Phi) is 5.16. The highest BCUT2D eigenvalue weighted by molar-refractivity contribution is 6.01. The molecule has 0 spiro atoms. The molecule has 3 aliphatic rings. The number of nitrogens with one attached hydrogen (secondary N) is 1. The molecule has 3 aliphatic carbocycles. The first-order valence-corrected chi connectivity index (χ1v) is 11.9. The molecule has 1 saturated carbocycles. The minimum atomic E-state index is -0.453. The molecule has 0 aliphatic heterocycles. The number of ketones is 1. The Morgan fingerprint density at radius 1 is 1.12 bits per heavy atom. The number of rotatable bonds is 4. The van der Waals surface area contributed by atoms with Gasteiger partial charge in [0.15, 0.2) is 5.78 Å². The van der Waals surface area contributed by atoms with Gasteiger partial charge in [0.05, 0.1) is 11.7 Å². The molecule has 0 radical (unpaired) electrons. The van der Waals surface area contributed by atoms with E-state index in [2.05, 4.69) is 23.7 Å². The van der Waals surface area contributed by atoms with Gasteiger partial charge < -0.3 is 20.7 Å². The van der Waals surface area contributed by atoms with Crippen LogP contribution in [-0.4, -0.2) is 33.5 Å². The largest absolute Gasteiger partial charge is 0.393 e. The Labute approximate surface area is 189 Å². The molecule has 0 unspecified atom stereocenters. The molecule has 32 heavy (non-hydrogen) atoms. The van der Waals surface area contributed by atoms with Crippen molar-refractivity contribution in [1.29, 1.82) is 0 Å². The van der Waals surface area contributed by atoms with Crippen molar-refractivity contribution < 1.29 is 14.7 Å². The number of anilines is 1. The Bertz CT molecular complexity index is 1090. The SMILES string of the molecule is CC1(C)CC(=O)c2c3c(n(-c4ccc(C(N)=O)c(NC5CCC(O)CC5)c4)c2C1)CCC3. The van der Waals surface area contributed by atoms with Gasteiger partial charge in [-0.15, -0.1) is 0 Å². The highest BCUT2D eigenvalue weighted by atomic mass is 16.3. The van der Waals surface area contributed by atoms with E-state index in [1.54, 1.807) is 6.07 Å². The second-order valence-electron chi connectivity index (χ2n) is 10.6. The number of nitrogens with zero attached hydrogens (tertiary/aromatic N) is 1. The van der Waals surface area contributed by atoms with Crippen LogP contribution in [0, 0.1) is 5.41 Å². The lowest BCUT2D eigenvalue weighted by atomic mass is 9.75. The number of Topliss-reactive ketones (excluding diaryl/α,β-unsaturated/α-hetero) is 1. The van der Waals surface area contributed by atoms with Crippen molar-refractivity contribution >= 4 is 17.4 Å². The summed E-state index contributed by atoms with van der Waals surface area (Å²) in [6.45, 7) is 4.33. The molecule has 2 aromatic rings. The number of benzene rings is 1. The van der Waals surface area contributed by atoms with Crippen molar-refractivity contribution in [3.63, 3.8) is 0 Å². The normalized spacial score (nSPS) is 24.2. The minimum absolute atomic E-state index is 0.0644. The summed E-state index contributed by atoms with van der Waals surface area (Å²) in [4.78, 5) is 25.2. The van der Waals surface area contributed by atoms with E-state index < -0.39 is 5.91 Å². The number of hydrogen-bond donors (Lipinski definition) is 3. The fraction of sp³-hybridized carbons (Fsp3) is 0.538. The smallest absolute Gasteiger partial charge is 0.250 e. The number of hydrogen-bond acceptors (Lipinski definition) is 4. The second-order valence-corrected chi connectivity index (χ2v) is 10.6. The number of aliphatic hydroxyl groups is 1. The van der Waals surface area contributed by atoms with Gasteiger partial charge >= 0.3 is 0 Å². The predicted molar refractivity (Wildman–Crippen MR) is 125 cm³/mol. The van der Waals surface area contributed by atoms with Crippen LogP contribution < -0.4 is 11.1 Å². The highest BCUT2D eigenvalue weighted by Gasteiger charge is 2.38. The molecule has 1 amide bonds. The van der Waals surface area contributed by atoms with Crippen LogP contribution >= 0.6 is 0 Å². The topological polar surface area (TPSA) is 97.4 Å². The molecule has 5 rings (SSSR count). The van der Waals surface area contributed by atoms with Gasteiger partial charge in [0.1, 0.15) is 0 Å². The number of nitrogens with two attached hydrogens (primary N) is 1. The standard InChI is InChI=1S/C26H33N3O3/c1-26(2)13-22-24(23(31)14-26)19-4-3-5-21(19)29(22)16-8-11-18(25(27)32)20(12-16)28-15-6-9-17(30)10-7-15/h8,11-12,15,17,28,30H,3-7,9-10,13-14H2,1-2H3,(H2,27,32). The summed E-state index contributed by atoms with van der Waals surface area (Å²) in [7, 11) is 0. The van der Waals surface area contributed by atoms with E-state index in [4.69, 9.17) is 5.73 Å². The van der Waals surface area contributed by atoms with Gasteiger partial charge in [0.25, 0.3) is 5.91 Å². The molecule has 1 aromatic carbocycles. The maximum absolute atomic E-state index is 13.1. The van der Waals surface area contributed by atoms with E-state index in [1.807, 2.05) is 12.1 Å². The third kappa shape index (κ3) is 3.64. The van der Waals surface area contributed by atoms with Crippen LogP contribution in [0.3, 0.4) is 0 Å². The van der Waals surface area contributed by atoms with Crippen LogP contribution in [0.25, 0.3) is 5.69 Å². The Hall–Kier alpha value is -2.60. The summed E-state index contributed by atoms with van der Waals surface area (Å²) in [6, 6.07) is 5.99. The lowest BCUT2D eigenvalue weighted by Crippen LogP contribution is -2.29. The predicted octanol–water partition coefficient (Wildman–Crippen LogP) is 3.94. The molecule has 6 heteroatoms. The van der Waals surface area contributed by atoms with Crippen molar-refractivity contribution in [3.05, 3.63) is 46.3 Å². The lowest BCUT2D eigenvalue weighted by Gasteiger charge is -2.31. The van der Waals surface area contributed by atoms with Crippen molar-refractivity contribution in [1.82, 2.24) is 4.57 Å². The summed E-state index contributed by atoms with van der Waals surface area (Å²) in [5.41, 5.74) is 12.4. The van der Waals surface area contributed by atoms with Crippen LogP contribution in [0.5, 0.6) is 0 Å². The summed E-state index contributed by atoms with van der Waals surface area (Å²) in [5.74, 6) is -0.188.